The Hall–Kier alpha value is -1.22. The largest absolute Gasteiger partial charge is 0.465 e. The molecule has 0 amide bonds. The normalized spacial score (nSPS) is 13.9. The lowest BCUT2D eigenvalue weighted by Gasteiger charge is -2.26. The molecule has 0 rings (SSSR count). The van der Waals surface area contributed by atoms with E-state index >= 15 is 0 Å². The maximum absolute atomic E-state index is 12.9. The molecule has 4 atom stereocenters. The molecule has 0 fully saturated rings. The number of unbranched alkanes of at least 4 members (excludes halogenated alkanes) is 18. The molecule has 3 N–H and O–H groups in total. The molecular formula is C46H91NO7. The molecule has 8 nitrogen and oxygen atoms in total. The van der Waals surface area contributed by atoms with Gasteiger partial charge in [-0.15, -0.1) is 0 Å². The van der Waals surface area contributed by atoms with E-state index in [1.807, 2.05) is 4.90 Å². The first-order valence-corrected chi connectivity index (χ1v) is 23.3. The van der Waals surface area contributed by atoms with Crippen LogP contribution >= 0.6 is 0 Å². The zero-order valence-corrected chi connectivity index (χ0v) is 36.2. The SMILES string of the molecule is CCCCCCCCC(CCCCCC)C(=O)OCCCC[C@@H](O)CN(CCO)C[C@@H](O)CCCCOC(=O)C(CCCCCC)CCCCCCCC. The maximum Gasteiger partial charge on any atom is 0.308 e. The number of aliphatic hydroxyl groups excluding tert-OH is 3. The van der Waals surface area contributed by atoms with Gasteiger partial charge in [0, 0.05) is 19.6 Å². The van der Waals surface area contributed by atoms with E-state index in [-0.39, 0.29) is 30.4 Å². The van der Waals surface area contributed by atoms with Gasteiger partial charge in [0.1, 0.15) is 0 Å². The molecule has 8 heteroatoms. The summed E-state index contributed by atoms with van der Waals surface area (Å²) in [4.78, 5) is 27.8. The van der Waals surface area contributed by atoms with Crippen molar-refractivity contribution in [1.29, 1.82) is 0 Å². The van der Waals surface area contributed by atoms with Gasteiger partial charge in [-0.25, -0.2) is 0 Å². The third kappa shape index (κ3) is 33.0. The van der Waals surface area contributed by atoms with Crippen molar-refractivity contribution in [1.82, 2.24) is 4.90 Å². The van der Waals surface area contributed by atoms with Gasteiger partial charge < -0.3 is 24.8 Å². The molecule has 322 valence electrons. The number of ether oxygens (including phenoxy) is 2. The van der Waals surface area contributed by atoms with Gasteiger partial charge in [-0.1, -0.05) is 156 Å². The fourth-order valence-corrected chi connectivity index (χ4v) is 7.46. The molecule has 0 radical (unpaired) electrons. The zero-order chi connectivity index (χ0) is 39.9. The Balaban J connectivity index is 4.45. The van der Waals surface area contributed by atoms with Crippen LogP contribution in [-0.2, 0) is 19.1 Å². The summed E-state index contributed by atoms with van der Waals surface area (Å²) < 4.78 is 11.4. The van der Waals surface area contributed by atoms with Crippen LogP contribution in [0.3, 0.4) is 0 Å². The van der Waals surface area contributed by atoms with Crippen molar-refractivity contribution in [2.24, 2.45) is 11.8 Å². The van der Waals surface area contributed by atoms with Crippen molar-refractivity contribution in [2.45, 2.75) is 233 Å². The molecule has 0 aliphatic carbocycles. The molecule has 0 saturated carbocycles. The topological polar surface area (TPSA) is 117 Å². The summed E-state index contributed by atoms with van der Waals surface area (Å²) in [5.41, 5.74) is 0. The summed E-state index contributed by atoms with van der Waals surface area (Å²) in [6.45, 7) is 10.8. The zero-order valence-electron chi connectivity index (χ0n) is 36.2. The number of carbonyl (C=O) groups is 2. The third-order valence-electron chi connectivity index (χ3n) is 11.0. The van der Waals surface area contributed by atoms with Gasteiger partial charge in [-0.05, 0) is 64.2 Å². The molecule has 0 aromatic rings. The molecular weight excluding hydrogens is 679 g/mol. The minimum Gasteiger partial charge on any atom is -0.465 e. The van der Waals surface area contributed by atoms with Crippen LogP contribution in [0, 0.1) is 11.8 Å². The van der Waals surface area contributed by atoms with Crippen LogP contribution in [0.4, 0.5) is 0 Å². The van der Waals surface area contributed by atoms with E-state index in [2.05, 4.69) is 27.7 Å². The molecule has 2 unspecified atom stereocenters. The summed E-state index contributed by atoms with van der Waals surface area (Å²) >= 11 is 0. The lowest BCUT2D eigenvalue weighted by molar-refractivity contribution is -0.150. The molecule has 0 aromatic carbocycles. The van der Waals surface area contributed by atoms with Gasteiger partial charge in [-0.3, -0.25) is 14.5 Å². The van der Waals surface area contributed by atoms with Crippen molar-refractivity contribution in [3.8, 4) is 0 Å². The first-order valence-electron chi connectivity index (χ1n) is 23.3. The minimum atomic E-state index is -0.579. The second kappa shape index (κ2) is 40.0. The summed E-state index contributed by atoms with van der Waals surface area (Å²) in [5, 5.41) is 31.1. The fourth-order valence-electron chi connectivity index (χ4n) is 7.46. The summed E-state index contributed by atoms with van der Waals surface area (Å²) in [6, 6.07) is 0. The standard InChI is InChI=1S/C46H91NO7/c1-5-9-13-17-19-23-31-41(29-21-15-11-7-3)45(51)53-37-27-25-33-43(49)39-47(35-36-48)40-44(50)34-26-28-38-54-46(52)42(30-22-16-12-8-4)32-24-20-18-14-10-6-2/h41-44,48-50H,5-40H2,1-4H3/t41?,42?,43-,44+. The van der Waals surface area contributed by atoms with E-state index in [1.54, 1.807) is 0 Å². The predicted molar refractivity (Wildman–Crippen MR) is 226 cm³/mol. The second-order valence-electron chi connectivity index (χ2n) is 16.3. The highest BCUT2D eigenvalue weighted by Gasteiger charge is 2.21. The summed E-state index contributed by atoms with van der Waals surface area (Å²) in [5.74, 6) is -0.0895. The van der Waals surface area contributed by atoms with Gasteiger partial charge in [0.05, 0.1) is 43.9 Å². The average molecular weight is 770 g/mol. The van der Waals surface area contributed by atoms with Crippen molar-refractivity contribution in [3.05, 3.63) is 0 Å². The van der Waals surface area contributed by atoms with Crippen molar-refractivity contribution >= 4 is 11.9 Å². The van der Waals surface area contributed by atoms with Gasteiger partial charge >= 0.3 is 11.9 Å². The minimum absolute atomic E-state index is 0.00397. The van der Waals surface area contributed by atoms with E-state index in [0.29, 0.717) is 58.5 Å². The maximum atomic E-state index is 12.9. The van der Waals surface area contributed by atoms with Gasteiger partial charge in [0.15, 0.2) is 0 Å². The van der Waals surface area contributed by atoms with E-state index in [1.165, 1.54) is 103 Å². The molecule has 0 aliphatic rings. The second-order valence-corrected chi connectivity index (χ2v) is 16.3. The van der Waals surface area contributed by atoms with E-state index in [0.717, 1.165) is 64.2 Å². The van der Waals surface area contributed by atoms with E-state index in [4.69, 9.17) is 9.47 Å². The molecule has 0 saturated heterocycles. The Morgan fingerprint density at radius 2 is 0.741 bits per heavy atom. The highest BCUT2D eigenvalue weighted by atomic mass is 16.5. The van der Waals surface area contributed by atoms with Crippen molar-refractivity contribution in [3.63, 3.8) is 0 Å². The van der Waals surface area contributed by atoms with Gasteiger partial charge in [0.25, 0.3) is 0 Å². The van der Waals surface area contributed by atoms with Crippen molar-refractivity contribution in [2.75, 3.05) is 39.5 Å². The Bertz CT molecular complexity index is 750. The monoisotopic (exact) mass is 770 g/mol. The Labute approximate surface area is 334 Å². The Morgan fingerprint density at radius 1 is 0.444 bits per heavy atom. The van der Waals surface area contributed by atoms with Crippen LogP contribution in [-0.4, -0.2) is 83.8 Å². The van der Waals surface area contributed by atoms with Crippen LogP contribution in [0.5, 0.6) is 0 Å². The first kappa shape index (κ1) is 52.8. The van der Waals surface area contributed by atoms with Crippen LogP contribution in [0.25, 0.3) is 0 Å². The fraction of sp³-hybridized carbons (Fsp3) is 0.957. The quantitative estimate of drug-likeness (QED) is 0.0415. The predicted octanol–water partition coefficient (Wildman–Crippen LogP) is 11.1. The van der Waals surface area contributed by atoms with Crippen LogP contribution in [0.2, 0.25) is 0 Å². The van der Waals surface area contributed by atoms with Crippen molar-refractivity contribution < 1.29 is 34.4 Å². The number of hydrogen-bond donors (Lipinski definition) is 3. The van der Waals surface area contributed by atoms with Crippen LogP contribution in [0.15, 0.2) is 0 Å². The molecule has 54 heavy (non-hydrogen) atoms. The molecule has 0 aliphatic heterocycles. The highest BCUT2D eigenvalue weighted by molar-refractivity contribution is 5.72. The number of aliphatic hydroxyl groups is 3. The van der Waals surface area contributed by atoms with Crippen LogP contribution in [0.1, 0.15) is 220 Å². The van der Waals surface area contributed by atoms with Gasteiger partial charge in [0.2, 0.25) is 0 Å². The van der Waals surface area contributed by atoms with E-state index < -0.39 is 12.2 Å². The molecule has 0 spiro atoms. The lowest BCUT2D eigenvalue weighted by Crippen LogP contribution is -2.39. The van der Waals surface area contributed by atoms with E-state index in [9.17, 15) is 24.9 Å². The third-order valence-corrected chi connectivity index (χ3v) is 11.0. The molecule has 0 aromatic heterocycles. The lowest BCUT2D eigenvalue weighted by atomic mass is 9.94. The smallest absolute Gasteiger partial charge is 0.308 e. The summed E-state index contributed by atoms with van der Waals surface area (Å²) in [7, 11) is 0. The average Bonchev–Trinajstić information content (AvgIpc) is 3.15. The van der Waals surface area contributed by atoms with Gasteiger partial charge in [-0.2, -0.15) is 0 Å². The number of carbonyl (C=O) groups excluding carboxylic acids is 2. The van der Waals surface area contributed by atoms with Crippen LogP contribution < -0.4 is 0 Å². The number of nitrogens with zero attached hydrogens (tertiary/aromatic N) is 1. The number of hydrogen-bond acceptors (Lipinski definition) is 8. The first-order chi connectivity index (χ1) is 26.3. The highest BCUT2D eigenvalue weighted by Crippen LogP contribution is 2.22. The molecule has 0 bridgehead atoms. The number of rotatable bonds is 42. The summed E-state index contributed by atoms with van der Waals surface area (Å²) in [6.07, 6.45) is 30.7. The Morgan fingerprint density at radius 3 is 1.07 bits per heavy atom. The Kier molecular flexibility index (Phi) is 39.1. The molecule has 0 heterocycles. The number of esters is 2.